The Hall–Kier alpha value is -3.75. The molecular weight excluding hydrogens is 444 g/mol. The molecule has 0 spiro atoms. The second-order valence-corrected chi connectivity index (χ2v) is 7.56. The molecule has 0 fully saturated rings. The largest absolute Gasteiger partial charge is 0.481 e. The molecule has 0 aromatic carbocycles. The average Bonchev–Trinajstić information content (AvgIpc) is 2.67. The number of aliphatic carboxylic acids is 2. The summed E-state index contributed by atoms with van der Waals surface area (Å²) in [5.41, 5.74) is 15.7. The lowest BCUT2D eigenvalue weighted by atomic mass is 10.0. The molecule has 4 unspecified atom stereocenters. The van der Waals surface area contributed by atoms with Crippen LogP contribution in [0, 0.1) is 5.92 Å². The highest BCUT2D eigenvalue weighted by atomic mass is 16.4. The van der Waals surface area contributed by atoms with Crippen LogP contribution in [0.3, 0.4) is 0 Å². The smallest absolute Gasteiger partial charge is 0.326 e. The Morgan fingerprint density at radius 1 is 0.727 bits per heavy atom. The van der Waals surface area contributed by atoms with Crippen molar-refractivity contribution in [3.63, 3.8) is 0 Å². The van der Waals surface area contributed by atoms with Gasteiger partial charge >= 0.3 is 11.9 Å². The number of carboxylic acids is 2. The quantitative estimate of drug-likeness (QED) is 0.114. The lowest BCUT2D eigenvalue weighted by molar-refractivity contribution is -0.144. The highest BCUT2D eigenvalue weighted by Crippen LogP contribution is 2.04. The SMILES string of the molecule is CC(C)C(N)C(=O)NC(CC(N)=O)C(=O)NC(CC(=O)O)C(=O)NC(CCC(N)=O)C(=O)O. The van der Waals surface area contributed by atoms with Crippen LogP contribution in [0.2, 0.25) is 0 Å². The van der Waals surface area contributed by atoms with Crippen LogP contribution in [-0.2, 0) is 33.6 Å². The molecule has 33 heavy (non-hydrogen) atoms. The summed E-state index contributed by atoms with van der Waals surface area (Å²) in [6.45, 7) is 3.27. The fourth-order valence-corrected chi connectivity index (χ4v) is 2.45. The molecule has 0 heterocycles. The first-order valence-corrected chi connectivity index (χ1v) is 9.83. The van der Waals surface area contributed by atoms with Crippen LogP contribution in [-0.4, -0.2) is 75.9 Å². The summed E-state index contributed by atoms with van der Waals surface area (Å²) >= 11 is 0. The number of amides is 5. The third kappa shape index (κ3) is 11.4. The van der Waals surface area contributed by atoms with Crippen molar-refractivity contribution in [3.05, 3.63) is 0 Å². The van der Waals surface area contributed by atoms with Crippen molar-refractivity contribution in [2.45, 2.75) is 63.7 Å². The molecule has 15 nitrogen and oxygen atoms in total. The zero-order valence-electron chi connectivity index (χ0n) is 18.2. The summed E-state index contributed by atoms with van der Waals surface area (Å²) in [6, 6.07) is -5.98. The monoisotopic (exact) mass is 474 g/mol. The predicted molar refractivity (Wildman–Crippen MR) is 111 cm³/mol. The van der Waals surface area contributed by atoms with Crippen LogP contribution in [0.4, 0.5) is 0 Å². The van der Waals surface area contributed by atoms with Gasteiger partial charge in [0.1, 0.15) is 18.1 Å². The Morgan fingerprint density at radius 3 is 1.58 bits per heavy atom. The van der Waals surface area contributed by atoms with E-state index in [1.165, 1.54) is 0 Å². The zero-order valence-corrected chi connectivity index (χ0v) is 18.2. The van der Waals surface area contributed by atoms with E-state index >= 15 is 0 Å². The third-order valence-electron chi connectivity index (χ3n) is 4.36. The van der Waals surface area contributed by atoms with Crippen LogP contribution in [0.15, 0.2) is 0 Å². The minimum atomic E-state index is -1.78. The van der Waals surface area contributed by atoms with Gasteiger partial charge in [0, 0.05) is 6.42 Å². The van der Waals surface area contributed by atoms with Gasteiger partial charge < -0.3 is 43.4 Å². The van der Waals surface area contributed by atoms with Gasteiger partial charge in [0.2, 0.25) is 29.5 Å². The highest BCUT2D eigenvalue weighted by Gasteiger charge is 2.32. The molecular formula is C18H30N6O9. The van der Waals surface area contributed by atoms with Gasteiger partial charge in [-0.15, -0.1) is 0 Å². The number of nitrogens with one attached hydrogen (secondary N) is 3. The number of carbonyl (C=O) groups is 7. The average molecular weight is 474 g/mol. The van der Waals surface area contributed by atoms with E-state index in [2.05, 4.69) is 10.6 Å². The molecule has 0 radical (unpaired) electrons. The first-order valence-electron chi connectivity index (χ1n) is 9.83. The minimum absolute atomic E-state index is 0.318. The topological polar surface area (TPSA) is 274 Å². The van der Waals surface area contributed by atoms with Crippen molar-refractivity contribution in [1.29, 1.82) is 0 Å². The number of hydrogen-bond acceptors (Lipinski definition) is 8. The van der Waals surface area contributed by atoms with Gasteiger partial charge in [0.15, 0.2) is 0 Å². The van der Waals surface area contributed by atoms with Gasteiger partial charge in [0.05, 0.1) is 18.9 Å². The third-order valence-corrected chi connectivity index (χ3v) is 4.36. The zero-order chi connectivity index (χ0) is 25.9. The van der Waals surface area contributed by atoms with Crippen molar-refractivity contribution < 1.29 is 43.8 Å². The van der Waals surface area contributed by atoms with Gasteiger partial charge in [-0.25, -0.2) is 4.79 Å². The molecule has 0 aromatic rings. The standard InChI is InChI=1S/C18H30N6O9/c1-7(2)14(21)17(31)24-9(5-12(20)26)15(29)23-10(6-13(27)28)16(30)22-8(18(32)33)3-4-11(19)25/h7-10,14H,3-6,21H2,1-2H3,(H2,19,25)(H2,20,26)(H,22,30)(H,23,29)(H,24,31)(H,27,28)(H,32,33). The van der Waals surface area contributed by atoms with E-state index in [1.807, 2.05) is 5.32 Å². The fraction of sp³-hybridized carbons (Fsp3) is 0.611. The summed E-state index contributed by atoms with van der Waals surface area (Å²) in [6.07, 6.45) is -2.39. The maximum atomic E-state index is 12.6. The van der Waals surface area contributed by atoms with Crippen LogP contribution >= 0.6 is 0 Å². The van der Waals surface area contributed by atoms with Crippen LogP contribution < -0.4 is 33.2 Å². The van der Waals surface area contributed by atoms with Crippen LogP contribution in [0.1, 0.15) is 39.5 Å². The lowest BCUT2D eigenvalue weighted by Crippen LogP contribution is -2.58. The summed E-state index contributed by atoms with van der Waals surface area (Å²) in [7, 11) is 0. The molecule has 186 valence electrons. The lowest BCUT2D eigenvalue weighted by Gasteiger charge is -2.24. The number of rotatable bonds is 15. The molecule has 15 heteroatoms. The van der Waals surface area contributed by atoms with Crippen LogP contribution in [0.25, 0.3) is 0 Å². The Labute approximate surface area is 188 Å². The van der Waals surface area contributed by atoms with Crippen LogP contribution in [0.5, 0.6) is 0 Å². The van der Waals surface area contributed by atoms with Gasteiger partial charge in [-0.1, -0.05) is 13.8 Å². The normalized spacial score (nSPS) is 14.3. The van der Waals surface area contributed by atoms with E-state index in [1.54, 1.807) is 13.8 Å². The van der Waals surface area contributed by atoms with Gasteiger partial charge in [-0.3, -0.25) is 28.8 Å². The summed E-state index contributed by atoms with van der Waals surface area (Å²) in [5, 5.41) is 24.5. The number of primary amides is 2. The second kappa shape index (κ2) is 13.6. The number of nitrogens with two attached hydrogens (primary N) is 3. The minimum Gasteiger partial charge on any atom is -0.481 e. The van der Waals surface area contributed by atoms with Crippen molar-refractivity contribution >= 4 is 41.5 Å². The Bertz CT molecular complexity index is 785. The van der Waals surface area contributed by atoms with Gasteiger partial charge in [-0.05, 0) is 12.3 Å². The van der Waals surface area contributed by atoms with Gasteiger partial charge in [-0.2, -0.15) is 0 Å². The molecule has 0 rings (SSSR count). The molecule has 0 saturated heterocycles. The Kier molecular flexibility index (Phi) is 12.1. The number of hydrogen-bond donors (Lipinski definition) is 8. The summed E-state index contributed by atoms with van der Waals surface area (Å²) in [4.78, 5) is 81.9. The van der Waals surface area contributed by atoms with Crippen molar-refractivity contribution in [2.75, 3.05) is 0 Å². The second-order valence-electron chi connectivity index (χ2n) is 7.56. The number of carboxylic acid groups (broad SMARTS) is 2. The van der Waals surface area contributed by atoms with E-state index < -0.39 is 78.5 Å². The van der Waals surface area contributed by atoms with Crippen molar-refractivity contribution in [1.82, 2.24) is 16.0 Å². The Balaban J connectivity index is 5.56. The van der Waals surface area contributed by atoms with E-state index in [-0.39, 0.29) is 18.8 Å². The molecule has 5 amide bonds. The summed E-state index contributed by atoms with van der Waals surface area (Å²) in [5.74, 6) is -8.26. The highest BCUT2D eigenvalue weighted by molar-refractivity contribution is 5.97. The van der Waals surface area contributed by atoms with E-state index in [4.69, 9.17) is 22.3 Å². The fourth-order valence-electron chi connectivity index (χ4n) is 2.45. The molecule has 11 N–H and O–H groups in total. The van der Waals surface area contributed by atoms with Crippen molar-refractivity contribution in [2.24, 2.45) is 23.1 Å². The molecule has 0 saturated carbocycles. The van der Waals surface area contributed by atoms with E-state index in [0.29, 0.717) is 0 Å². The first-order chi connectivity index (χ1) is 15.1. The van der Waals surface area contributed by atoms with Gasteiger partial charge in [0.25, 0.3) is 0 Å². The molecule has 0 aliphatic rings. The molecule has 0 aliphatic heterocycles. The van der Waals surface area contributed by atoms with E-state index in [9.17, 15) is 38.7 Å². The number of carbonyl (C=O) groups excluding carboxylic acids is 5. The van der Waals surface area contributed by atoms with E-state index in [0.717, 1.165) is 0 Å². The molecule has 0 aromatic heterocycles. The first kappa shape index (κ1) is 29.2. The molecule has 0 aliphatic carbocycles. The maximum Gasteiger partial charge on any atom is 0.326 e. The maximum absolute atomic E-state index is 12.6. The molecule has 4 atom stereocenters. The predicted octanol–water partition coefficient (Wildman–Crippen LogP) is -3.88. The van der Waals surface area contributed by atoms with Crippen molar-refractivity contribution in [3.8, 4) is 0 Å². The Morgan fingerprint density at radius 2 is 1.18 bits per heavy atom. The molecule has 0 bridgehead atoms. The summed E-state index contributed by atoms with van der Waals surface area (Å²) < 4.78 is 0.